The summed E-state index contributed by atoms with van der Waals surface area (Å²) in [5.41, 5.74) is -0.0163. The van der Waals surface area contributed by atoms with Crippen LogP contribution in [-0.2, 0) is 10.0 Å². The van der Waals surface area contributed by atoms with Gasteiger partial charge in [0.25, 0.3) is 0 Å². The fourth-order valence-electron chi connectivity index (χ4n) is 0.846. The molecule has 1 aromatic carbocycles. The molecular weight excluding hydrogens is 274 g/mol. The van der Waals surface area contributed by atoms with Crippen molar-refractivity contribution in [1.82, 2.24) is 0 Å². The highest BCUT2D eigenvalue weighted by molar-refractivity contribution is 9.10. The highest BCUT2D eigenvalue weighted by atomic mass is 79.9. The highest BCUT2D eigenvalue weighted by Gasteiger charge is 2.13. The van der Waals surface area contributed by atoms with Crippen LogP contribution in [0.2, 0.25) is 0 Å². The number of hydrogen-bond acceptors (Lipinski definition) is 3. The minimum atomic E-state index is -3.79. The van der Waals surface area contributed by atoms with E-state index in [-0.39, 0.29) is 14.9 Å². The number of carboxylic acids is 1. The molecule has 76 valence electrons. The lowest BCUT2D eigenvalue weighted by molar-refractivity contribution is 0.0696. The van der Waals surface area contributed by atoms with E-state index in [0.29, 0.717) is 0 Å². The Bertz CT molecular complexity index is 482. The Morgan fingerprint density at radius 2 is 2.00 bits per heavy atom. The fourth-order valence-corrected chi connectivity index (χ4v) is 2.09. The van der Waals surface area contributed by atoms with Gasteiger partial charge in [-0.05, 0) is 34.1 Å². The van der Waals surface area contributed by atoms with Gasteiger partial charge in [-0.25, -0.2) is 18.4 Å². The maximum atomic E-state index is 10.9. The first-order valence-corrected chi connectivity index (χ1v) is 5.72. The molecule has 1 aromatic rings. The molecule has 7 heteroatoms. The van der Waals surface area contributed by atoms with Crippen LogP contribution in [-0.4, -0.2) is 19.5 Å². The first kappa shape index (κ1) is 11.2. The molecule has 14 heavy (non-hydrogen) atoms. The maximum Gasteiger partial charge on any atom is 0.336 e. The van der Waals surface area contributed by atoms with Gasteiger partial charge in [0.2, 0.25) is 10.0 Å². The van der Waals surface area contributed by atoms with Gasteiger partial charge in [0.15, 0.2) is 0 Å². The summed E-state index contributed by atoms with van der Waals surface area (Å²) in [5.74, 6) is -1.14. The van der Waals surface area contributed by atoms with Crippen molar-refractivity contribution >= 4 is 31.9 Å². The second kappa shape index (κ2) is 3.68. The highest BCUT2D eigenvalue weighted by Crippen LogP contribution is 2.20. The number of halogens is 1. The predicted molar refractivity (Wildman–Crippen MR) is 52.5 cm³/mol. The average Bonchev–Trinajstić information content (AvgIpc) is 2.01. The molecule has 0 saturated heterocycles. The Morgan fingerprint density at radius 3 is 2.36 bits per heavy atom. The molecule has 0 amide bonds. The van der Waals surface area contributed by atoms with E-state index in [1.807, 2.05) is 0 Å². The molecule has 0 aliphatic rings. The third kappa shape index (κ3) is 2.31. The smallest absolute Gasteiger partial charge is 0.336 e. The Hall–Kier alpha value is -0.920. The van der Waals surface area contributed by atoms with E-state index in [4.69, 9.17) is 10.2 Å². The third-order valence-corrected chi connectivity index (χ3v) is 3.07. The predicted octanol–water partition coefficient (Wildman–Crippen LogP) is 0.795. The number of rotatable bonds is 2. The molecule has 0 atom stereocenters. The minimum Gasteiger partial charge on any atom is -0.478 e. The van der Waals surface area contributed by atoms with Crippen molar-refractivity contribution in [3.63, 3.8) is 0 Å². The molecule has 0 aliphatic heterocycles. The van der Waals surface area contributed by atoms with Crippen LogP contribution in [0.4, 0.5) is 0 Å². The monoisotopic (exact) mass is 279 g/mol. The van der Waals surface area contributed by atoms with Gasteiger partial charge in [-0.1, -0.05) is 0 Å². The number of benzene rings is 1. The molecule has 0 bridgehead atoms. The normalized spacial score (nSPS) is 11.3. The van der Waals surface area contributed by atoms with Gasteiger partial charge >= 0.3 is 5.97 Å². The van der Waals surface area contributed by atoms with Gasteiger partial charge in [-0.3, -0.25) is 0 Å². The second-order valence-electron chi connectivity index (χ2n) is 2.49. The van der Waals surface area contributed by atoms with E-state index in [1.54, 1.807) is 0 Å². The average molecular weight is 280 g/mol. The Balaban J connectivity index is 3.34. The SMILES string of the molecule is NS(=O)(=O)c1ccc(C(=O)O)c(Br)c1. The van der Waals surface area contributed by atoms with Gasteiger partial charge in [0.1, 0.15) is 0 Å². The van der Waals surface area contributed by atoms with Crippen molar-refractivity contribution in [3.8, 4) is 0 Å². The van der Waals surface area contributed by atoms with Crippen molar-refractivity contribution in [2.24, 2.45) is 5.14 Å². The van der Waals surface area contributed by atoms with E-state index < -0.39 is 16.0 Å². The molecule has 5 nitrogen and oxygen atoms in total. The molecule has 1 rings (SSSR count). The summed E-state index contributed by atoms with van der Waals surface area (Å²) >= 11 is 2.94. The van der Waals surface area contributed by atoms with Gasteiger partial charge in [0.05, 0.1) is 10.5 Å². The minimum absolute atomic E-state index is 0.0163. The molecule has 0 spiro atoms. The fraction of sp³-hybridized carbons (Fsp3) is 0. The zero-order valence-electron chi connectivity index (χ0n) is 6.77. The van der Waals surface area contributed by atoms with Crippen LogP contribution in [0.25, 0.3) is 0 Å². The topological polar surface area (TPSA) is 97.5 Å². The third-order valence-electron chi connectivity index (χ3n) is 1.50. The van der Waals surface area contributed by atoms with Crippen molar-refractivity contribution < 1.29 is 18.3 Å². The van der Waals surface area contributed by atoms with Crippen molar-refractivity contribution in [3.05, 3.63) is 28.2 Å². The summed E-state index contributed by atoms with van der Waals surface area (Å²) in [7, 11) is -3.79. The molecule has 0 fully saturated rings. The number of hydrogen-bond donors (Lipinski definition) is 2. The van der Waals surface area contributed by atoms with E-state index in [1.165, 1.54) is 6.07 Å². The standard InChI is InChI=1S/C7H6BrNO4S/c8-6-3-4(14(9,12)13)1-2-5(6)7(10)11/h1-3H,(H,10,11)(H2,9,12,13). The lowest BCUT2D eigenvalue weighted by atomic mass is 10.2. The van der Waals surface area contributed by atoms with Crippen molar-refractivity contribution in [2.75, 3.05) is 0 Å². The van der Waals surface area contributed by atoms with E-state index in [0.717, 1.165) is 12.1 Å². The van der Waals surface area contributed by atoms with E-state index in [2.05, 4.69) is 15.9 Å². The number of sulfonamides is 1. The first-order chi connectivity index (χ1) is 6.32. The number of aromatic carboxylic acids is 1. The molecule has 0 unspecified atom stereocenters. The maximum absolute atomic E-state index is 10.9. The van der Waals surface area contributed by atoms with Crippen LogP contribution in [0.15, 0.2) is 27.6 Å². The van der Waals surface area contributed by atoms with Crippen LogP contribution in [0, 0.1) is 0 Å². The van der Waals surface area contributed by atoms with Crippen molar-refractivity contribution in [1.29, 1.82) is 0 Å². The molecule has 3 N–H and O–H groups in total. The van der Waals surface area contributed by atoms with Crippen LogP contribution in [0.3, 0.4) is 0 Å². The summed E-state index contributed by atoms with van der Waals surface area (Å²) in [4.78, 5) is 10.4. The summed E-state index contributed by atoms with van der Waals surface area (Å²) in [6.45, 7) is 0. The summed E-state index contributed by atoms with van der Waals surface area (Å²) in [6, 6.07) is 3.47. The zero-order valence-corrected chi connectivity index (χ0v) is 9.17. The van der Waals surface area contributed by atoms with Gasteiger partial charge in [-0.15, -0.1) is 0 Å². The van der Waals surface area contributed by atoms with E-state index in [9.17, 15) is 13.2 Å². The number of carboxylic acid groups (broad SMARTS) is 1. The molecule has 0 aliphatic carbocycles. The zero-order chi connectivity index (χ0) is 10.9. The Kier molecular flexibility index (Phi) is 2.93. The van der Waals surface area contributed by atoms with Crippen LogP contribution < -0.4 is 5.14 Å². The summed E-state index contributed by atoms with van der Waals surface area (Å²) < 4.78 is 21.9. The Labute approximate surface area is 88.7 Å². The Morgan fingerprint density at radius 1 is 1.43 bits per heavy atom. The quantitative estimate of drug-likeness (QED) is 0.837. The first-order valence-electron chi connectivity index (χ1n) is 3.38. The largest absolute Gasteiger partial charge is 0.478 e. The lowest BCUT2D eigenvalue weighted by Gasteiger charge is -2.01. The van der Waals surface area contributed by atoms with Crippen molar-refractivity contribution in [2.45, 2.75) is 4.90 Å². The number of primary sulfonamides is 1. The molecule has 0 heterocycles. The summed E-state index contributed by atoms with van der Waals surface area (Å²) in [6.07, 6.45) is 0. The number of nitrogens with two attached hydrogens (primary N) is 1. The molecular formula is C7H6BrNO4S. The van der Waals surface area contributed by atoms with E-state index >= 15 is 0 Å². The summed E-state index contributed by atoms with van der Waals surface area (Å²) in [5, 5.41) is 13.5. The van der Waals surface area contributed by atoms with Crippen LogP contribution in [0.5, 0.6) is 0 Å². The molecule has 0 radical (unpaired) electrons. The van der Waals surface area contributed by atoms with Gasteiger partial charge < -0.3 is 5.11 Å². The van der Waals surface area contributed by atoms with Crippen LogP contribution >= 0.6 is 15.9 Å². The van der Waals surface area contributed by atoms with Gasteiger partial charge in [-0.2, -0.15) is 0 Å². The lowest BCUT2D eigenvalue weighted by Crippen LogP contribution is -2.12. The molecule has 0 aromatic heterocycles. The molecule has 0 saturated carbocycles. The second-order valence-corrected chi connectivity index (χ2v) is 4.91. The van der Waals surface area contributed by atoms with Gasteiger partial charge in [0, 0.05) is 4.47 Å². The van der Waals surface area contributed by atoms with Crippen LogP contribution in [0.1, 0.15) is 10.4 Å². The number of carbonyl (C=O) groups is 1.